The van der Waals surface area contributed by atoms with Gasteiger partial charge in [-0.15, -0.1) is 0 Å². The summed E-state index contributed by atoms with van der Waals surface area (Å²) >= 11 is 0. The summed E-state index contributed by atoms with van der Waals surface area (Å²) in [6.07, 6.45) is 8.90. The van der Waals surface area contributed by atoms with Crippen molar-refractivity contribution in [1.29, 1.82) is 0 Å². The van der Waals surface area contributed by atoms with Gasteiger partial charge in [0.05, 0.1) is 6.10 Å². The molecule has 4 nitrogen and oxygen atoms in total. The van der Waals surface area contributed by atoms with E-state index >= 15 is 0 Å². The molecule has 4 heteroatoms. The van der Waals surface area contributed by atoms with Gasteiger partial charge in [0, 0.05) is 31.4 Å². The van der Waals surface area contributed by atoms with Crippen LogP contribution in [0.1, 0.15) is 37.5 Å². The Kier molecular flexibility index (Phi) is 4.80. The van der Waals surface area contributed by atoms with Crippen molar-refractivity contribution in [3.05, 3.63) is 36.2 Å². The fourth-order valence-electron chi connectivity index (χ4n) is 2.48. The lowest BCUT2D eigenvalue weighted by molar-refractivity contribution is -0.125. The molecule has 0 aliphatic heterocycles. The molecule has 0 fully saturated rings. The molecule has 2 atom stereocenters. The van der Waals surface area contributed by atoms with Gasteiger partial charge >= 0.3 is 0 Å². The molecule has 1 aromatic heterocycles. The lowest BCUT2D eigenvalue weighted by Gasteiger charge is -2.18. The second kappa shape index (κ2) is 6.57. The van der Waals surface area contributed by atoms with E-state index < -0.39 is 6.10 Å². The van der Waals surface area contributed by atoms with E-state index in [-0.39, 0.29) is 11.8 Å². The first kappa shape index (κ1) is 13.9. The van der Waals surface area contributed by atoms with Crippen molar-refractivity contribution < 1.29 is 9.90 Å². The van der Waals surface area contributed by atoms with Crippen LogP contribution < -0.4 is 5.32 Å². The van der Waals surface area contributed by atoms with Crippen LogP contribution in [0.2, 0.25) is 0 Å². The van der Waals surface area contributed by atoms with Crippen molar-refractivity contribution in [1.82, 2.24) is 9.88 Å². The zero-order chi connectivity index (χ0) is 13.7. The van der Waals surface area contributed by atoms with Gasteiger partial charge in [-0.3, -0.25) is 4.79 Å². The first-order valence-corrected chi connectivity index (χ1v) is 6.90. The van der Waals surface area contributed by atoms with Gasteiger partial charge in [-0.25, -0.2) is 0 Å². The molecule has 0 aromatic carbocycles. The number of aliphatic hydroxyl groups is 1. The van der Waals surface area contributed by atoms with Crippen molar-refractivity contribution >= 4 is 5.91 Å². The highest BCUT2D eigenvalue weighted by Gasteiger charge is 2.18. The third kappa shape index (κ3) is 3.70. The van der Waals surface area contributed by atoms with Crippen molar-refractivity contribution in [2.24, 2.45) is 13.0 Å². The van der Waals surface area contributed by atoms with Crippen LogP contribution in [0.15, 0.2) is 30.5 Å². The molecule has 1 amide bonds. The Morgan fingerprint density at radius 2 is 2.42 bits per heavy atom. The Morgan fingerprint density at radius 3 is 3.05 bits per heavy atom. The first-order valence-electron chi connectivity index (χ1n) is 6.90. The normalized spacial score (nSPS) is 20.2. The predicted molar refractivity (Wildman–Crippen MR) is 74.5 cm³/mol. The highest BCUT2D eigenvalue weighted by atomic mass is 16.3. The van der Waals surface area contributed by atoms with Gasteiger partial charge in [0.2, 0.25) is 5.91 Å². The highest BCUT2D eigenvalue weighted by molar-refractivity contribution is 5.78. The first-order chi connectivity index (χ1) is 9.18. The van der Waals surface area contributed by atoms with Crippen LogP contribution in [0.5, 0.6) is 0 Å². The Bertz CT molecular complexity index is 451. The molecule has 1 heterocycles. The summed E-state index contributed by atoms with van der Waals surface area (Å²) < 4.78 is 1.90. The number of nitrogens with zero attached hydrogens (tertiary/aromatic N) is 1. The van der Waals surface area contributed by atoms with E-state index in [0.29, 0.717) is 13.0 Å². The molecule has 104 valence electrons. The maximum absolute atomic E-state index is 11.9. The van der Waals surface area contributed by atoms with Crippen molar-refractivity contribution in [2.45, 2.75) is 31.8 Å². The maximum Gasteiger partial charge on any atom is 0.223 e. The van der Waals surface area contributed by atoms with Crippen LogP contribution in [0, 0.1) is 5.92 Å². The smallest absolute Gasteiger partial charge is 0.223 e. The topological polar surface area (TPSA) is 54.3 Å². The van der Waals surface area contributed by atoms with Gasteiger partial charge in [0.1, 0.15) is 0 Å². The minimum absolute atomic E-state index is 0.108. The van der Waals surface area contributed by atoms with Crippen LogP contribution in [0.3, 0.4) is 0 Å². The van der Waals surface area contributed by atoms with Crippen LogP contribution in [-0.2, 0) is 11.8 Å². The Morgan fingerprint density at radius 1 is 1.58 bits per heavy atom. The summed E-state index contributed by atoms with van der Waals surface area (Å²) in [5.74, 6) is 0.223. The van der Waals surface area contributed by atoms with Gasteiger partial charge in [0.15, 0.2) is 0 Å². The summed E-state index contributed by atoms with van der Waals surface area (Å²) in [5, 5.41) is 13.0. The zero-order valence-corrected chi connectivity index (χ0v) is 11.4. The SMILES string of the molecule is Cn1cccc1[C@@H](O)CCNC(=O)[C@H]1CC=CCC1. The number of carbonyl (C=O) groups excluding carboxylic acids is 1. The molecule has 1 aliphatic carbocycles. The number of nitrogens with one attached hydrogen (secondary N) is 1. The molecule has 0 bridgehead atoms. The molecule has 0 spiro atoms. The van der Waals surface area contributed by atoms with E-state index in [2.05, 4.69) is 17.5 Å². The largest absolute Gasteiger partial charge is 0.387 e. The average Bonchev–Trinajstić information content (AvgIpc) is 2.86. The number of amides is 1. The molecular formula is C15H22N2O2. The number of hydrogen-bond donors (Lipinski definition) is 2. The number of aromatic nitrogens is 1. The van der Waals surface area contributed by atoms with Gasteiger partial charge < -0.3 is 15.0 Å². The molecule has 1 aliphatic rings. The van der Waals surface area contributed by atoms with Gasteiger partial charge in [-0.1, -0.05) is 12.2 Å². The number of hydrogen-bond acceptors (Lipinski definition) is 2. The number of rotatable bonds is 5. The second-order valence-corrected chi connectivity index (χ2v) is 5.12. The van der Waals surface area contributed by atoms with Gasteiger partial charge in [0.25, 0.3) is 0 Å². The summed E-state index contributed by atoms with van der Waals surface area (Å²) in [6, 6.07) is 3.81. The molecule has 19 heavy (non-hydrogen) atoms. The van der Waals surface area contributed by atoms with Crippen LogP contribution in [-0.4, -0.2) is 22.1 Å². The summed E-state index contributed by atoms with van der Waals surface area (Å²) in [5.41, 5.74) is 0.884. The lowest BCUT2D eigenvalue weighted by atomic mass is 9.93. The summed E-state index contributed by atoms with van der Waals surface area (Å²) in [4.78, 5) is 11.9. The van der Waals surface area contributed by atoms with E-state index in [9.17, 15) is 9.90 Å². The predicted octanol–water partition coefficient (Wildman–Crippen LogP) is 1.92. The molecule has 0 unspecified atom stereocenters. The zero-order valence-electron chi connectivity index (χ0n) is 11.4. The number of aliphatic hydroxyl groups excluding tert-OH is 1. The van der Waals surface area contributed by atoms with Crippen molar-refractivity contribution in [2.75, 3.05) is 6.54 Å². The molecule has 0 saturated heterocycles. The fourth-order valence-corrected chi connectivity index (χ4v) is 2.48. The van der Waals surface area contributed by atoms with E-state index in [1.807, 2.05) is 29.9 Å². The maximum atomic E-state index is 11.9. The molecule has 2 rings (SSSR count). The molecule has 2 N–H and O–H groups in total. The lowest BCUT2D eigenvalue weighted by Crippen LogP contribution is -2.32. The Hall–Kier alpha value is -1.55. The molecule has 0 radical (unpaired) electrons. The Labute approximate surface area is 114 Å². The minimum atomic E-state index is -0.522. The molecule has 1 aromatic rings. The van der Waals surface area contributed by atoms with Crippen LogP contribution >= 0.6 is 0 Å². The Balaban J connectivity index is 1.73. The minimum Gasteiger partial charge on any atom is -0.387 e. The molecular weight excluding hydrogens is 240 g/mol. The van der Waals surface area contributed by atoms with Gasteiger partial charge in [-0.2, -0.15) is 0 Å². The average molecular weight is 262 g/mol. The summed E-state index contributed by atoms with van der Waals surface area (Å²) in [6.45, 7) is 0.519. The number of allylic oxidation sites excluding steroid dienone is 2. The monoisotopic (exact) mass is 262 g/mol. The highest BCUT2D eigenvalue weighted by Crippen LogP contribution is 2.19. The molecule has 0 saturated carbocycles. The van der Waals surface area contributed by atoms with Gasteiger partial charge in [-0.05, 0) is 37.8 Å². The quantitative estimate of drug-likeness (QED) is 0.797. The van der Waals surface area contributed by atoms with E-state index in [1.54, 1.807) is 0 Å². The number of aryl methyl sites for hydroxylation is 1. The van der Waals surface area contributed by atoms with Crippen molar-refractivity contribution in [3.8, 4) is 0 Å². The summed E-state index contributed by atoms with van der Waals surface area (Å²) in [7, 11) is 1.91. The fraction of sp³-hybridized carbons (Fsp3) is 0.533. The standard InChI is InChI=1S/C15H22N2O2/c1-17-11-5-8-13(17)14(18)9-10-16-15(19)12-6-3-2-4-7-12/h2-3,5,8,11-12,14,18H,4,6-7,9-10H2,1H3,(H,16,19)/t12-,14-/m0/s1. The third-order valence-corrected chi connectivity index (χ3v) is 3.68. The third-order valence-electron chi connectivity index (χ3n) is 3.68. The van der Waals surface area contributed by atoms with Crippen LogP contribution in [0.4, 0.5) is 0 Å². The van der Waals surface area contributed by atoms with E-state index in [0.717, 1.165) is 25.0 Å². The number of carbonyl (C=O) groups is 1. The van der Waals surface area contributed by atoms with Crippen molar-refractivity contribution in [3.63, 3.8) is 0 Å². The van der Waals surface area contributed by atoms with E-state index in [4.69, 9.17) is 0 Å². The van der Waals surface area contributed by atoms with Crippen LogP contribution in [0.25, 0.3) is 0 Å². The second-order valence-electron chi connectivity index (χ2n) is 5.12. The van der Waals surface area contributed by atoms with E-state index in [1.165, 1.54) is 0 Å².